The van der Waals surface area contributed by atoms with Crippen molar-refractivity contribution in [2.24, 2.45) is 0 Å². The summed E-state index contributed by atoms with van der Waals surface area (Å²) < 4.78 is 29.2. The van der Waals surface area contributed by atoms with Gasteiger partial charge in [0.15, 0.2) is 0 Å². The zero-order valence-electron chi connectivity index (χ0n) is 11.5. The summed E-state index contributed by atoms with van der Waals surface area (Å²) in [7, 11) is 0. The predicted octanol–water partition coefficient (Wildman–Crippen LogP) is 3.87. The van der Waals surface area contributed by atoms with E-state index in [2.05, 4.69) is 4.98 Å². The van der Waals surface area contributed by atoms with Crippen LogP contribution in [0.3, 0.4) is 0 Å². The summed E-state index contributed by atoms with van der Waals surface area (Å²) in [6, 6.07) is 3.49. The fourth-order valence-corrected chi connectivity index (χ4v) is 2.51. The number of nitrogens with two attached hydrogens (primary N) is 1. The number of nitrogen functional groups attached to an aromatic ring is 1. The van der Waals surface area contributed by atoms with Crippen LogP contribution in [-0.2, 0) is 0 Å². The number of hydrogen-bond donors (Lipinski definition) is 1. The van der Waals surface area contributed by atoms with Crippen LogP contribution in [-0.4, -0.2) is 9.55 Å². The summed E-state index contributed by atoms with van der Waals surface area (Å²) in [5.74, 6) is 0.689. The number of imidazole rings is 1. The van der Waals surface area contributed by atoms with Crippen molar-refractivity contribution in [1.82, 2.24) is 9.55 Å². The molecule has 1 aromatic carbocycles. The number of halogens is 2. The molecule has 2 N–H and O–H groups in total. The second-order valence-corrected chi connectivity index (χ2v) is 5.57. The van der Waals surface area contributed by atoms with Crippen molar-refractivity contribution in [3.8, 4) is 11.3 Å². The van der Waals surface area contributed by atoms with Gasteiger partial charge < -0.3 is 10.3 Å². The predicted molar refractivity (Wildman–Crippen MR) is 74.4 cm³/mol. The maximum absolute atomic E-state index is 13.9. The molecule has 1 aliphatic carbocycles. The second-order valence-electron chi connectivity index (χ2n) is 5.57. The summed E-state index contributed by atoms with van der Waals surface area (Å²) >= 11 is 0. The Hall–Kier alpha value is -1.91. The molecule has 1 aromatic heterocycles. The smallest absolute Gasteiger partial charge is 0.132 e. The van der Waals surface area contributed by atoms with Crippen molar-refractivity contribution in [3.05, 3.63) is 35.7 Å². The Bertz CT molecular complexity index is 657. The molecule has 106 valence electrons. The quantitative estimate of drug-likeness (QED) is 0.925. The van der Waals surface area contributed by atoms with E-state index < -0.39 is 11.6 Å². The van der Waals surface area contributed by atoms with Gasteiger partial charge in [-0.05, 0) is 44.9 Å². The van der Waals surface area contributed by atoms with Gasteiger partial charge in [0.05, 0.1) is 0 Å². The standard InChI is InChI=1S/C15H17F2N3/c1-8(2)20-14(18)13(19-15(20)9-3-4-9)11-7-10(16)5-6-12(11)17/h5-9H,3-4,18H2,1-2H3. The van der Waals surface area contributed by atoms with Gasteiger partial charge in [-0.1, -0.05) is 0 Å². The third-order valence-corrected chi connectivity index (χ3v) is 3.62. The van der Waals surface area contributed by atoms with Gasteiger partial charge in [0.1, 0.15) is 29.0 Å². The molecule has 1 aliphatic rings. The largest absolute Gasteiger partial charge is 0.383 e. The lowest BCUT2D eigenvalue weighted by molar-refractivity contribution is 0.576. The van der Waals surface area contributed by atoms with Crippen molar-refractivity contribution >= 4 is 5.82 Å². The highest BCUT2D eigenvalue weighted by molar-refractivity contribution is 5.72. The van der Waals surface area contributed by atoms with Crippen molar-refractivity contribution < 1.29 is 8.78 Å². The highest BCUT2D eigenvalue weighted by atomic mass is 19.1. The third-order valence-electron chi connectivity index (χ3n) is 3.62. The van der Waals surface area contributed by atoms with Gasteiger partial charge >= 0.3 is 0 Å². The molecular weight excluding hydrogens is 260 g/mol. The van der Waals surface area contributed by atoms with E-state index in [9.17, 15) is 8.78 Å². The lowest BCUT2D eigenvalue weighted by Crippen LogP contribution is -2.09. The molecular formula is C15H17F2N3. The number of benzene rings is 1. The molecule has 0 bridgehead atoms. The Kier molecular flexibility index (Phi) is 3.00. The van der Waals surface area contributed by atoms with Gasteiger partial charge in [0, 0.05) is 17.5 Å². The maximum Gasteiger partial charge on any atom is 0.132 e. The molecule has 1 fully saturated rings. The average molecular weight is 277 g/mol. The fourth-order valence-electron chi connectivity index (χ4n) is 2.51. The molecule has 3 nitrogen and oxygen atoms in total. The number of aromatic nitrogens is 2. The van der Waals surface area contributed by atoms with Crippen LogP contribution < -0.4 is 5.73 Å². The molecule has 0 aliphatic heterocycles. The van der Waals surface area contributed by atoms with Gasteiger partial charge in [-0.3, -0.25) is 0 Å². The first-order chi connectivity index (χ1) is 9.49. The molecule has 0 unspecified atom stereocenters. The van der Waals surface area contributed by atoms with E-state index in [4.69, 9.17) is 5.73 Å². The first-order valence-electron chi connectivity index (χ1n) is 6.82. The normalized spacial score (nSPS) is 15.1. The van der Waals surface area contributed by atoms with Gasteiger partial charge in [0.25, 0.3) is 0 Å². The minimum atomic E-state index is -0.506. The van der Waals surface area contributed by atoms with Crippen LogP contribution in [0.25, 0.3) is 11.3 Å². The monoisotopic (exact) mass is 277 g/mol. The number of nitrogens with zero attached hydrogens (tertiary/aromatic N) is 2. The summed E-state index contributed by atoms with van der Waals surface area (Å²) in [4.78, 5) is 4.50. The van der Waals surface area contributed by atoms with E-state index >= 15 is 0 Å². The molecule has 0 radical (unpaired) electrons. The number of rotatable bonds is 3. The van der Waals surface area contributed by atoms with Gasteiger partial charge in [-0.2, -0.15) is 0 Å². The van der Waals surface area contributed by atoms with E-state index in [0.717, 1.165) is 36.9 Å². The van der Waals surface area contributed by atoms with Crippen LogP contribution in [0.2, 0.25) is 0 Å². The average Bonchev–Trinajstić information content (AvgIpc) is 3.16. The van der Waals surface area contributed by atoms with E-state index in [0.29, 0.717) is 17.4 Å². The summed E-state index contributed by atoms with van der Waals surface area (Å²) in [5.41, 5.74) is 6.61. The Balaban J connectivity index is 2.19. The van der Waals surface area contributed by atoms with E-state index in [1.807, 2.05) is 18.4 Å². The lowest BCUT2D eigenvalue weighted by Gasteiger charge is -2.13. The molecule has 0 saturated heterocycles. The highest BCUT2D eigenvalue weighted by Gasteiger charge is 2.32. The number of hydrogen-bond acceptors (Lipinski definition) is 2. The first-order valence-corrected chi connectivity index (χ1v) is 6.82. The number of anilines is 1. The molecule has 0 spiro atoms. The van der Waals surface area contributed by atoms with Crippen LogP contribution in [0.15, 0.2) is 18.2 Å². The first kappa shape index (κ1) is 13.1. The van der Waals surface area contributed by atoms with Crippen molar-refractivity contribution in [1.29, 1.82) is 0 Å². The van der Waals surface area contributed by atoms with E-state index in [1.165, 1.54) is 0 Å². The molecule has 0 amide bonds. The van der Waals surface area contributed by atoms with Gasteiger partial charge in [-0.25, -0.2) is 13.8 Å². The van der Waals surface area contributed by atoms with Gasteiger partial charge in [-0.15, -0.1) is 0 Å². The molecule has 0 atom stereocenters. The summed E-state index contributed by atoms with van der Waals surface area (Å²) in [5, 5.41) is 0. The van der Waals surface area contributed by atoms with Crippen molar-refractivity contribution in [3.63, 3.8) is 0 Å². The molecule has 1 heterocycles. The van der Waals surface area contributed by atoms with E-state index in [1.54, 1.807) is 0 Å². The van der Waals surface area contributed by atoms with Crippen LogP contribution in [0, 0.1) is 11.6 Å². The minimum Gasteiger partial charge on any atom is -0.383 e. The maximum atomic E-state index is 13.9. The SMILES string of the molecule is CC(C)n1c(C2CC2)nc(-c2cc(F)ccc2F)c1N. The van der Waals surface area contributed by atoms with Gasteiger partial charge in [0.2, 0.25) is 0 Å². The fraction of sp³-hybridized carbons (Fsp3) is 0.400. The minimum absolute atomic E-state index is 0.129. The molecule has 20 heavy (non-hydrogen) atoms. The summed E-state index contributed by atoms with van der Waals surface area (Å²) in [6.45, 7) is 4.02. The van der Waals surface area contributed by atoms with Crippen LogP contribution in [0.4, 0.5) is 14.6 Å². The lowest BCUT2D eigenvalue weighted by atomic mass is 10.1. The molecule has 5 heteroatoms. The van der Waals surface area contributed by atoms with Crippen LogP contribution >= 0.6 is 0 Å². The summed E-state index contributed by atoms with van der Waals surface area (Å²) in [6.07, 6.45) is 2.16. The second kappa shape index (κ2) is 4.58. The highest BCUT2D eigenvalue weighted by Crippen LogP contribution is 2.43. The Morgan fingerprint density at radius 1 is 1.30 bits per heavy atom. The van der Waals surface area contributed by atoms with Crippen molar-refractivity contribution in [2.75, 3.05) is 5.73 Å². The molecule has 3 rings (SSSR count). The zero-order valence-corrected chi connectivity index (χ0v) is 11.5. The molecule has 1 saturated carbocycles. The Morgan fingerprint density at radius 2 is 2.00 bits per heavy atom. The van der Waals surface area contributed by atoms with Crippen molar-refractivity contribution in [2.45, 2.75) is 38.6 Å². The van der Waals surface area contributed by atoms with Crippen LogP contribution in [0.1, 0.15) is 44.5 Å². The van der Waals surface area contributed by atoms with Crippen LogP contribution in [0.5, 0.6) is 0 Å². The van der Waals surface area contributed by atoms with E-state index in [-0.39, 0.29) is 11.6 Å². The zero-order chi connectivity index (χ0) is 14.4. The third kappa shape index (κ3) is 2.07. The molecule has 2 aromatic rings. The Morgan fingerprint density at radius 3 is 2.60 bits per heavy atom. The topological polar surface area (TPSA) is 43.8 Å². The Labute approximate surface area is 116 Å².